The number of benzene rings is 2. The number of oxazole rings is 1. The summed E-state index contributed by atoms with van der Waals surface area (Å²) in [4.78, 5) is 4.65. The van der Waals surface area contributed by atoms with Crippen molar-refractivity contribution in [3.05, 3.63) is 71.4 Å². The standard InChI is InChI=1S/C22H21N2O/c1-14-10-15(2)16(3)18(11-14)20-12-21-19(13-24(20)4)23-22(25-21)17-8-6-5-7-9-17/h5-13H,1-4H3/q+1. The summed E-state index contributed by atoms with van der Waals surface area (Å²) in [5.41, 5.74) is 8.90. The maximum atomic E-state index is 6.05. The van der Waals surface area contributed by atoms with Crippen molar-refractivity contribution in [1.82, 2.24) is 4.98 Å². The summed E-state index contributed by atoms with van der Waals surface area (Å²) < 4.78 is 8.17. The van der Waals surface area contributed by atoms with Crippen molar-refractivity contribution in [2.45, 2.75) is 20.8 Å². The van der Waals surface area contributed by atoms with Gasteiger partial charge in [-0.25, -0.2) is 4.98 Å². The molecule has 0 bridgehead atoms. The maximum absolute atomic E-state index is 6.05. The molecule has 4 aromatic rings. The molecule has 4 rings (SSSR count). The number of fused-ring (bicyclic) bond motifs is 1. The van der Waals surface area contributed by atoms with Crippen LogP contribution in [0.25, 0.3) is 33.8 Å². The second-order valence-electron chi connectivity index (χ2n) is 6.66. The van der Waals surface area contributed by atoms with E-state index >= 15 is 0 Å². The van der Waals surface area contributed by atoms with Crippen molar-refractivity contribution in [3.63, 3.8) is 0 Å². The first-order chi connectivity index (χ1) is 12.0. The van der Waals surface area contributed by atoms with E-state index in [1.54, 1.807) is 0 Å². The highest BCUT2D eigenvalue weighted by atomic mass is 16.3. The quantitative estimate of drug-likeness (QED) is 0.489. The molecule has 2 aromatic heterocycles. The van der Waals surface area contributed by atoms with Crippen LogP contribution in [0.15, 0.2) is 59.1 Å². The number of nitrogens with zero attached hydrogens (tertiary/aromatic N) is 2. The predicted octanol–water partition coefficient (Wildman–Crippen LogP) is 4.91. The monoisotopic (exact) mass is 329 g/mol. The number of hydrogen-bond donors (Lipinski definition) is 0. The van der Waals surface area contributed by atoms with Crippen LogP contribution in [-0.4, -0.2) is 4.98 Å². The van der Waals surface area contributed by atoms with E-state index in [2.05, 4.69) is 55.6 Å². The van der Waals surface area contributed by atoms with Crippen molar-refractivity contribution in [2.75, 3.05) is 0 Å². The number of rotatable bonds is 2. The minimum Gasteiger partial charge on any atom is -0.436 e. The van der Waals surface area contributed by atoms with E-state index in [-0.39, 0.29) is 0 Å². The van der Waals surface area contributed by atoms with Gasteiger partial charge in [-0.1, -0.05) is 29.8 Å². The summed E-state index contributed by atoms with van der Waals surface area (Å²) in [5, 5.41) is 0. The normalized spacial score (nSPS) is 11.2. The zero-order valence-electron chi connectivity index (χ0n) is 15.0. The van der Waals surface area contributed by atoms with Gasteiger partial charge in [-0.3, -0.25) is 0 Å². The molecule has 0 spiro atoms. The number of hydrogen-bond acceptors (Lipinski definition) is 2. The van der Waals surface area contributed by atoms with E-state index in [1.165, 1.54) is 22.3 Å². The third-order valence-electron chi connectivity index (χ3n) is 4.75. The molecule has 3 heteroatoms. The summed E-state index contributed by atoms with van der Waals surface area (Å²) in [6.07, 6.45) is 2.04. The molecule has 0 atom stereocenters. The molecular weight excluding hydrogens is 308 g/mol. The second kappa shape index (κ2) is 5.85. The summed E-state index contributed by atoms with van der Waals surface area (Å²) in [6.45, 7) is 6.47. The lowest BCUT2D eigenvalue weighted by molar-refractivity contribution is -0.659. The van der Waals surface area contributed by atoms with Gasteiger partial charge in [0, 0.05) is 11.1 Å². The third-order valence-corrected chi connectivity index (χ3v) is 4.75. The van der Waals surface area contributed by atoms with Crippen molar-refractivity contribution in [1.29, 1.82) is 0 Å². The fourth-order valence-electron chi connectivity index (χ4n) is 3.30. The van der Waals surface area contributed by atoms with Gasteiger partial charge in [-0.15, -0.1) is 0 Å². The topological polar surface area (TPSA) is 29.9 Å². The van der Waals surface area contributed by atoms with Gasteiger partial charge in [0.05, 0.1) is 6.07 Å². The van der Waals surface area contributed by atoms with E-state index < -0.39 is 0 Å². The van der Waals surface area contributed by atoms with Crippen LogP contribution in [0.2, 0.25) is 0 Å². The van der Waals surface area contributed by atoms with Crippen LogP contribution in [-0.2, 0) is 7.05 Å². The van der Waals surface area contributed by atoms with Gasteiger partial charge in [0.15, 0.2) is 17.3 Å². The van der Waals surface area contributed by atoms with Gasteiger partial charge < -0.3 is 4.42 Å². The van der Waals surface area contributed by atoms with Crippen LogP contribution >= 0.6 is 0 Å². The SMILES string of the molecule is Cc1cc(C)c(C)c(-c2cc3oc(-c4ccccc4)nc3c[n+]2C)c1. The fourth-order valence-corrected chi connectivity index (χ4v) is 3.30. The lowest BCUT2D eigenvalue weighted by Gasteiger charge is -2.08. The van der Waals surface area contributed by atoms with Crippen molar-refractivity contribution in [3.8, 4) is 22.7 Å². The molecule has 0 unspecified atom stereocenters. The predicted molar refractivity (Wildman–Crippen MR) is 100 cm³/mol. The molecule has 0 saturated heterocycles. The van der Waals surface area contributed by atoms with E-state index in [0.717, 1.165) is 22.4 Å². The Morgan fingerprint density at radius 1 is 0.960 bits per heavy atom. The van der Waals surface area contributed by atoms with Crippen molar-refractivity contribution in [2.24, 2.45) is 7.05 Å². The lowest BCUT2D eigenvalue weighted by Crippen LogP contribution is -2.30. The molecule has 124 valence electrons. The molecule has 0 N–H and O–H groups in total. The fraction of sp³-hybridized carbons (Fsp3) is 0.182. The highest BCUT2D eigenvalue weighted by Gasteiger charge is 2.19. The van der Waals surface area contributed by atoms with E-state index in [0.29, 0.717) is 5.89 Å². The molecule has 3 nitrogen and oxygen atoms in total. The highest BCUT2D eigenvalue weighted by molar-refractivity contribution is 5.79. The molecule has 0 aliphatic heterocycles. The Labute approximate surface area is 147 Å². The smallest absolute Gasteiger partial charge is 0.227 e. The second-order valence-corrected chi connectivity index (χ2v) is 6.66. The molecule has 2 aromatic carbocycles. The van der Waals surface area contributed by atoms with Crippen molar-refractivity contribution >= 4 is 11.1 Å². The van der Waals surface area contributed by atoms with Gasteiger partial charge in [0.25, 0.3) is 0 Å². The Bertz CT molecular complexity index is 1080. The summed E-state index contributed by atoms with van der Waals surface area (Å²) in [7, 11) is 2.06. The first kappa shape index (κ1) is 15.6. The molecule has 25 heavy (non-hydrogen) atoms. The minimum atomic E-state index is 0.657. The molecule has 0 fully saturated rings. The summed E-state index contributed by atoms with van der Waals surface area (Å²) >= 11 is 0. The minimum absolute atomic E-state index is 0.657. The Hall–Kier alpha value is -2.94. The lowest BCUT2D eigenvalue weighted by atomic mass is 9.97. The van der Waals surface area contributed by atoms with Crippen LogP contribution in [0, 0.1) is 20.8 Å². The Balaban J connectivity index is 1.91. The van der Waals surface area contributed by atoms with Crippen LogP contribution in [0.3, 0.4) is 0 Å². The zero-order chi connectivity index (χ0) is 17.6. The van der Waals surface area contributed by atoms with Gasteiger partial charge in [-0.05, 0) is 50.1 Å². The molecule has 0 amide bonds. The van der Waals surface area contributed by atoms with Gasteiger partial charge >= 0.3 is 0 Å². The first-order valence-electron chi connectivity index (χ1n) is 8.47. The number of pyridine rings is 1. The highest BCUT2D eigenvalue weighted by Crippen LogP contribution is 2.29. The van der Waals surface area contributed by atoms with Crippen molar-refractivity contribution < 1.29 is 8.98 Å². The molecule has 0 saturated carbocycles. The summed E-state index contributed by atoms with van der Waals surface area (Å²) in [5.74, 6) is 0.657. The Kier molecular flexibility index (Phi) is 3.65. The van der Waals surface area contributed by atoms with Crippen LogP contribution in [0.4, 0.5) is 0 Å². The average molecular weight is 329 g/mol. The molecule has 2 heterocycles. The molecule has 0 aliphatic rings. The average Bonchev–Trinajstić information content (AvgIpc) is 3.01. The zero-order valence-corrected chi connectivity index (χ0v) is 15.0. The number of aromatic nitrogens is 2. The maximum Gasteiger partial charge on any atom is 0.227 e. The van der Waals surface area contributed by atoms with Crippen LogP contribution < -0.4 is 4.57 Å². The van der Waals surface area contributed by atoms with Gasteiger partial charge in [-0.2, -0.15) is 4.57 Å². The van der Waals surface area contributed by atoms with Crippen LogP contribution in [0.5, 0.6) is 0 Å². The molecular formula is C22H21N2O+. The summed E-state index contributed by atoms with van der Waals surface area (Å²) in [6, 6.07) is 16.6. The van der Waals surface area contributed by atoms with Gasteiger partial charge in [0.1, 0.15) is 7.05 Å². The molecule has 0 aliphatic carbocycles. The van der Waals surface area contributed by atoms with Gasteiger partial charge in [0.2, 0.25) is 11.6 Å². The van der Waals surface area contributed by atoms with E-state index in [9.17, 15) is 0 Å². The first-order valence-corrected chi connectivity index (χ1v) is 8.47. The number of aryl methyl sites for hydroxylation is 3. The Morgan fingerprint density at radius 2 is 1.72 bits per heavy atom. The largest absolute Gasteiger partial charge is 0.436 e. The van der Waals surface area contributed by atoms with E-state index in [4.69, 9.17) is 4.42 Å². The third kappa shape index (κ3) is 2.72. The van der Waals surface area contributed by atoms with Crippen LogP contribution in [0.1, 0.15) is 16.7 Å². The molecule has 0 radical (unpaired) electrons. The van der Waals surface area contributed by atoms with E-state index in [1.807, 2.05) is 36.5 Å². The Morgan fingerprint density at radius 3 is 2.48 bits per heavy atom.